The van der Waals surface area contributed by atoms with Crippen LogP contribution in [0.3, 0.4) is 0 Å². The fourth-order valence-corrected chi connectivity index (χ4v) is 6.64. The number of aliphatic hydroxyl groups excluding tert-OH is 2. The first-order valence-corrected chi connectivity index (χ1v) is 12.3. The van der Waals surface area contributed by atoms with Gasteiger partial charge in [0.1, 0.15) is 5.60 Å². The van der Waals surface area contributed by atoms with Gasteiger partial charge in [-0.15, -0.1) is 0 Å². The Morgan fingerprint density at radius 2 is 1.87 bits per heavy atom. The number of aliphatic hydroxyl groups is 3. The molecular formula is C26H42O5. The molecule has 1 saturated heterocycles. The first-order valence-electron chi connectivity index (χ1n) is 12.3. The summed E-state index contributed by atoms with van der Waals surface area (Å²) in [6.45, 7) is 9.41. The molecule has 0 aromatic rings. The molecule has 3 N–H and O–H groups in total. The molecule has 1 spiro atoms. The van der Waals surface area contributed by atoms with E-state index in [0.717, 1.165) is 12.0 Å². The smallest absolute Gasteiger partial charge is 0.144 e. The van der Waals surface area contributed by atoms with Crippen LogP contribution < -0.4 is 0 Å². The van der Waals surface area contributed by atoms with E-state index in [1.165, 1.54) is 31.3 Å². The molecule has 4 fully saturated rings. The van der Waals surface area contributed by atoms with Crippen molar-refractivity contribution in [2.24, 2.45) is 17.3 Å². The highest BCUT2D eigenvalue weighted by Gasteiger charge is 2.59. The number of epoxide rings is 1. The van der Waals surface area contributed by atoms with Gasteiger partial charge in [-0.3, -0.25) is 0 Å². The Balaban J connectivity index is 1.41. The lowest BCUT2D eigenvalue weighted by molar-refractivity contribution is -0.0454. The second-order valence-electron chi connectivity index (χ2n) is 11.5. The van der Waals surface area contributed by atoms with Crippen molar-refractivity contribution in [3.05, 3.63) is 23.3 Å². The van der Waals surface area contributed by atoms with Gasteiger partial charge >= 0.3 is 0 Å². The third-order valence-electron chi connectivity index (χ3n) is 8.75. The molecule has 0 aromatic carbocycles. The molecule has 5 nitrogen and oxygen atoms in total. The number of fused-ring (bicyclic) bond motifs is 1. The van der Waals surface area contributed by atoms with Gasteiger partial charge in [0.05, 0.1) is 30.5 Å². The molecule has 0 bridgehead atoms. The van der Waals surface area contributed by atoms with Crippen molar-refractivity contribution in [3.8, 4) is 0 Å². The van der Waals surface area contributed by atoms with Gasteiger partial charge in [-0.25, -0.2) is 0 Å². The number of ether oxygens (including phenoxy) is 2. The molecule has 4 aliphatic rings. The largest absolute Gasteiger partial charge is 0.390 e. The summed E-state index contributed by atoms with van der Waals surface area (Å²) in [6.07, 6.45) is 11.3. The molecule has 3 unspecified atom stereocenters. The minimum atomic E-state index is -0.687. The first-order chi connectivity index (χ1) is 14.6. The number of rotatable bonds is 6. The second-order valence-corrected chi connectivity index (χ2v) is 11.5. The van der Waals surface area contributed by atoms with Gasteiger partial charge in [0.2, 0.25) is 0 Å². The molecule has 5 heteroatoms. The van der Waals surface area contributed by atoms with Crippen LogP contribution >= 0.6 is 0 Å². The highest BCUT2D eigenvalue weighted by Crippen LogP contribution is 2.58. The van der Waals surface area contributed by atoms with Crippen molar-refractivity contribution < 1.29 is 24.8 Å². The van der Waals surface area contributed by atoms with Crippen molar-refractivity contribution in [2.75, 3.05) is 13.2 Å². The average molecular weight is 435 g/mol. The van der Waals surface area contributed by atoms with E-state index in [9.17, 15) is 15.3 Å². The van der Waals surface area contributed by atoms with Crippen molar-refractivity contribution in [3.63, 3.8) is 0 Å². The van der Waals surface area contributed by atoms with E-state index in [0.29, 0.717) is 44.3 Å². The number of hydrogen-bond acceptors (Lipinski definition) is 5. The molecule has 4 rings (SSSR count). The third-order valence-corrected chi connectivity index (χ3v) is 8.75. The topological polar surface area (TPSA) is 82.5 Å². The lowest BCUT2D eigenvalue weighted by Gasteiger charge is -2.44. The Labute approximate surface area is 187 Å². The molecule has 6 atom stereocenters. The average Bonchev–Trinajstić information content (AvgIpc) is 3.40. The van der Waals surface area contributed by atoms with Crippen LogP contribution in [0.25, 0.3) is 0 Å². The van der Waals surface area contributed by atoms with Crippen LogP contribution in [0.1, 0.15) is 79.1 Å². The highest BCUT2D eigenvalue weighted by atomic mass is 16.6. The summed E-state index contributed by atoms with van der Waals surface area (Å²) < 4.78 is 11.6. The Bertz CT molecular complexity index is 700. The predicted molar refractivity (Wildman–Crippen MR) is 121 cm³/mol. The maximum Gasteiger partial charge on any atom is 0.144 e. The van der Waals surface area contributed by atoms with Crippen molar-refractivity contribution >= 4 is 0 Å². The van der Waals surface area contributed by atoms with Gasteiger partial charge < -0.3 is 24.8 Å². The van der Waals surface area contributed by atoms with Crippen LogP contribution in [0.5, 0.6) is 0 Å². The van der Waals surface area contributed by atoms with E-state index in [4.69, 9.17) is 9.47 Å². The molecule has 1 aliphatic heterocycles. The van der Waals surface area contributed by atoms with Crippen LogP contribution in [0, 0.1) is 17.3 Å². The molecule has 31 heavy (non-hydrogen) atoms. The van der Waals surface area contributed by atoms with Crippen molar-refractivity contribution in [1.82, 2.24) is 0 Å². The molecular weight excluding hydrogens is 392 g/mol. The third kappa shape index (κ3) is 4.67. The van der Waals surface area contributed by atoms with Gasteiger partial charge in [-0.2, -0.15) is 0 Å². The van der Waals surface area contributed by atoms with E-state index < -0.39 is 23.4 Å². The minimum Gasteiger partial charge on any atom is -0.390 e. The Morgan fingerprint density at radius 3 is 2.48 bits per heavy atom. The SMILES string of the molecule is C[C@@H](OCCC(C)(C)O)C1CCC2C(=CC=C3C[C@@H](O)C4(CO4)[C@H](O)C3)CCCC21C. The van der Waals surface area contributed by atoms with Crippen LogP contribution in [0.2, 0.25) is 0 Å². The van der Waals surface area contributed by atoms with Gasteiger partial charge in [-0.05, 0) is 89.4 Å². The monoisotopic (exact) mass is 434 g/mol. The van der Waals surface area contributed by atoms with Crippen LogP contribution in [0.4, 0.5) is 0 Å². The molecule has 0 aromatic heterocycles. The summed E-state index contributed by atoms with van der Waals surface area (Å²) in [6, 6.07) is 0. The lowest BCUT2D eigenvalue weighted by atomic mass is 9.62. The first kappa shape index (κ1) is 23.4. The van der Waals surface area contributed by atoms with Crippen LogP contribution in [-0.2, 0) is 9.47 Å². The molecule has 3 aliphatic carbocycles. The molecule has 1 heterocycles. The normalized spacial score (nSPS) is 42.7. The fourth-order valence-electron chi connectivity index (χ4n) is 6.64. The molecule has 3 saturated carbocycles. The van der Waals surface area contributed by atoms with E-state index in [1.54, 1.807) is 0 Å². The summed E-state index contributed by atoms with van der Waals surface area (Å²) in [4.78, 5) is 0. The van der Waals surface area contributed by atoms with E-state index in [2.05, 4.69) is 26.0 Å². The Morgan fingerprint density at radius 1 is 1.19 bits per heavy atom. The maximum absolute atomic E-state index is 10.4. The van der Waals surface area contributed by atoms with Crippen molar-refractivity contribution in [2.45, 2.75) is 109 Å². The Hall–Kier alpha value is -0.720. The summed E-state index contributed by atoms with van der Waals surface area (Å²) >= 11 is 0. The van der Waals surface area contributed by atoms with E-state index in [-0.39, 0.29) is 11.5 Å². The maximum atomic E-state index is 10.4. The quantitative estimate of drug-likeness (QED) is 0.552. The lowest BCUT2D eigenvalue weighted by Crippen LogP contribution is -2.45. The van der Waals surface area contributed by atoms with Gasteiger partial charge in [0.15, 0.2) is 0 Å². The zero-order valence-electron chi connectivity index (χ0n) is 19.8. The zero-order chi connectivity index (χ0) is 22.4. The molecule has 0 amide bonds. The highest BCUT2D eigenvalue weighted by molar-refractivity contribution is 5.28. The summed E-state index contributed by atoms with van der Waals surface area (Å²) in [7, 11) is 0. The fraction of sp³-hybridized carbons (Fsp3) is 0.846. The van der Waals surface area contributed by atoms with Crippen molar-refractivity contribution in [1.29, 1.82) is 0 Å². The van der Waals surface area contributed by atoms with Gasteiger partial charge in [0.25, 0.3) is 0 Å². The zero-order valence-corrected chi connectivity index (χ0v) is 19.8. The standard InChI is InChI=1S/C26H42O5/c1-17(30-13-12-24(2,3)29)20-9-10-21-19(6-5-11-25(20,21)4)8-7-18-14-22(27)26(16-31-26)23(28)15-18/h7-8,17,20-23,27-29H,5-6,9-16H2,1-4H3/t17-,20?,21?,22-,23-,25?,26?/m1/s1. The molecule has 0 radical (unpaired) electrons. The van der Waals surface area contributed by atoms with Crippen LogP contribution in [-0.4, -0.2) is 58.0 Å². The second kappa shape index (κ2) is 8.57. The summed E-state index contributed by atoms with van der Waals surface area (Å²) in [5.74, 6) is 1.13. The molecule has 176 valence electrons. The summed E-state index contributed by atoms with van der Waals surface area (Å²) in [5.41, 5.74) is 1.54. The van der Waals surface area contributed by atoms with E-state index >= 15 is 0 Å². The summed E-state index contributed by atoms with van der Waals surface area (Å²) in [5, 5.41) is 30.8. The Kier molecular flexibility index (Phi) is 6.48. The van der Waals surface area contributed by atoms with Crippen LogP contribution in [0.15, 0.2) is 23.3 Å². The van der Waals surface area contributed by atoms with E-state index in [1.807, 2.05) is 13.8 Å². The van der Waals surface area contributed by atoms with Gasteiger partial charge in [-0.1, -0.05) is 30.2 Å². The van der Waals surface area contributed by atoms with Gasteiger partial charge in [0, 0.05) is 6.61 Å². The predicted octanol–water partition coefficient (Wildman–Crippen LogP) is 3.91. The number of allylic oxidation sites excluding steroid dienone is 3. The minimum absolute atomic E-state index is 0.202. The number of hydrogen-bond donors (Lipinski definition) is 3.